The highest BCUT2D eigenvalue weighted by Gasteiger charge is 2.48. The average Bonchev–Trinajstić information content (AvgIpc) is 3.14. The van der Waals surface area contributed by atoms with Gasteiger partial charge in [-0.2, -0.15) is 0 Å². The minimum atomic E-state index is -0.632. The zero-order valence-electron chi connectivity index (χ0n) is 10.2. The molecule has 1 aromatic rings. The lowest BCUT2D eigenvalue weighted by molar-refractivity contribution is -0.123. The second kappa shape index (κ2) is 5.10. The van der Waals surface area contributed by atoms with Gasteiger partial charge in [-0.15, -0.1) is 0 Å². The van der Waals surface area contributed by atoms with Crippen LogP contribution in [0.1, 0.15) is 26.2 Å². The number of hydrogen-bond acceptors (Lipinski definition) is 2. The third-order valence-electron chi connectivity index (χ3n) is 3.56. The third kappa shape index (κ3) is 2.50. The number of nitrogens with one attached hydrogen (secondary N) is 1. The first kappa shape index (κ1) is 13.7. The van der Waals surface area contributed by atoms with Crippen molar-refractivity contribution in [2.45, 2.75) is 31.7 Å². The van der Waals surface area contributed by atoms with Gasteiger partial charge >= 0.3 is 0 Å². The molecule has 1 atom stereocenters. The van der Waals surface area contributed by atoms with Crippen LogP contribution in [0.25, 0.3) is 0 Å². The van der Waals surface area contributed by atoms with E-state index in [1.54, 1.807) is 6.07 Å². The van der Waals surface area contributed by atoms with Gasteiger partial charge in [0.15, 0.2) is 0 Å². The Morgan fingerprint density at radius 1 is 1.61 bits per heavy atom. The van der Waals surface area contributed by atoms with Gasteiger partial charge in [0.25, 0.3) is 0 Å². The number of primary amides is 1. The molecule has 1 aliphatic rings. The van der Waals surface area contributed by atoms with Gasteiger partial charge in [-0.1, -0.05) is 18.5 Å². The van der Waals surface area contributed by atoms with Crippen LogP contribution < -0.4 is 11.1 Å². The van der Waals surface area contributed by atoms with Crippen molar-refractivity contribution in [3.05, 3.63) is 27.7 Å². The van der Waals surface area contributed by atoms with Gasteiger partial charge in [0.1, 0.15) is 5.54 Å². The number of carbonyl (C=O) groups is 1. The standard InChI is InChI=1S/C13H16BrClN2O/c1-2-13(12(16)18,8-3-4-8)17-9-5-6-11(15)10(14)7-9/h5-8,17H,2-4H2,1H3,(H2,16,18). The Morgan fingerprint density at radius 2 is 2.28 bits per heavy atom. The zero-order valence-corrected chi connectivity index (χ0v) is 12.5. The fourth-order valence-electron chi connectivity index (χ4n) is 2.32. The van der Waals surface area contributed by atoms with E-state index < -0.39 is 5.54 Å². The Bertz CT molecular complexity index is 476. The van der Waals surface area contributed by atoms with Gasteiger partial charge in [0, 0.05) is 10.2 Å². The molecule has 0 spiro atoms. The summed E-state index contributed by atoms with van der Waals surface area (Å²) in [6, 6.07) is 5.53. The predicted octanol–water partition coefficient (Wildman–Crippen LogP) is 3.56. The minimum Gasteiger partial charge on any atom is -0.371 e. The van der Waals surface area contributed by atoms with Crippen LogP contribution in [0.5, 0.6) is 0 Å². The number of nitrogens with two attached hydrogens (primary N) is 1. The summed E-state index contributed by atoms with van der Waals surface area (Å²) in [5, 5.41) is 3.95. The summed E-state index contributed by atoms with van der Waals surface area (Å²) in [6.45, 7) is 1.99. The van der Waals surface area contributed by atoms with Crippen LogP contribution in [0.3, 0.4) is 0 Å². The molecule has 5 heteroatoms. The molecule has 1 amide bonds. The van der Waals surface area contributed by atoms with E-state index in [0.717, 1.165) is 23.0 Å². The number of carbonyl (C=O) groups excluding carboxylic acids is 1. The van der Waals surface area contributed by atoms with E-state index in [-0.39, 0.29) is 5.91 Å². The molecule has 1 aromatic carbocycles. The van der Waals surface area contributed by atoms with Crippen molar-refractivity contribution in [2.75, 3.05) is 5.32 Å². The van der Waals surface area contributed by atoms with Gasteiger partial charge in [0.05, 0.1) is 5.02 Å². The maximum atomic E-state index is 11.8. The molecule has 1 unspecified atom stereocenters. The summed E-state index contributed by atoms with van der Waals surface area (Å²) in [5.74, 6) is 0.0630. The summed E-state index contributed by atoms with van der Waals surface area (Å²) < 4.78 is 0.805. The van der Waals surface area contributed by atoms with E-state index in [2.05, 4.69) is 21.2 Å². The lowest BCUT2D eigenvalue weighted by Gasteiger charge is -2.32. The predicted molar refractivity (Wildman–Crippen MR) is 77.7 cm³/mol. The maximum absolute atomic E-state index is 11.8. The molecule has 1 fully saturated rings. The van der Waals surface area contributed by atoms with Crippen molar-refractivity contribution in [2.24, 2.45) is 11.7 Å². The second-order valence-electron chi connectivity index (χ2n) is 4.72. The molecule has 18 heavy (non-hydrogen) atoms. The zero-order chi connectivity index (χ0) is 13.3. The molecule has 0 heterocycles. The lowest BCUT2D eigenvalue weighted by Crippen LogP contribution is -2.52. The molecule has 0 radical (unpaired) electrons. The molecule has 3 N–H and O–H groups in total. The number of halogens is 2. The first-order chi connectivity index (χ1) is 8.49. The third-order valence-corrected chi connectivity index (χ3v) is 4.77. The van der Waals surface area contributed by atoms with Crippen molar-refractivity contribution in [3.63, 3.8) is 0 Å². The van der Waals surface area contributed by atoms with E-state index >= 15 is 0 Å². The average molecular weight is 332 g/mol. The molecular weight excluding hydrogens is 316 g/mol. The van der Waals surface area contributed by atoms with Gasteiger partial charge < -0.3 is 11.1 Å². The van der Waals surface area contributed by atoms with Gasteiger partial charge in [-0.3, -0.25) is 4.79 Å². The summed E-state index contributed by atoms with van der Waals surface area (Å²) in [6.07, 6.45) is 2.80. The monoisotopic (exact) mass is 330 g/mol. The first-order valence-corrected chi connectivity index (χ1v) is 7.20. The van der Waals surface area contributed by atoms with Crippen LogP contribution in [-0.4, -0.2) is 11.4 Å². The number of hydrogen-bond donors (Lipinski definition) is 2. The Labute approximate surface area is 120 Å². The number of benzene rings is 1. The fraction of sp³-hybridized carbons (Fsp3) is 0.462. The summed E-state index contributed by atoms with van der Waals surface area (Å²) in [7, 11) is 0. The maximum Gasteiger partial charge on any atom is 0.243 e. The van der Waals surface area contributed by atoms with Gasteiger partial charge in [-0.05, 0) is 59.3 Å². The smallest absolute Gasteiger partial charge is 0.243 e. The molecule has 0 aliphatic heterocycles. The Morgan fingerprint density at radius 3 is 2.72 bits per heavy atom. The SMILES string of the molecule is CCC(Nc1ccc(Cl)c(Br)c1)(C(N)=O)C1CC1. The highest BCUT2D eigenvalue weighted by Crippen LogP contribution is 2.43. The topological polar surface area (TPSA) is 55.1 Å². The molecule has 0 aromatic heterocycles. The molecule has 1 aliphatic carbocycles. The number of rotatable bonds is 5. The Balaban J connectivity index is 2.28. The van der Waals surface area contributed by atoms with E-state index in [0.29, 0.717) is 17.4 Å². The first-order valence-electron chi connectivity index (χ1n) is 6.02. The van der Waals surface area contributed by atoms with Crippen molar-refractivity contribution in [3.8, 4) is 0 Å². The molecule has 2 rings (SSSR count). The van der Waals surface area contributed by atoms with E-state index in [9.17, 15) is 4.79 Å². The van der Waals surface area contributed by atoms with Crippen LogP contribution in [0, 0.1) is 5.92 Å². The van der Waals surface area contributed by atoms with Crippen LogP contribution in [0.2, 0.25) is 5.02 Å². The van der Waals surface area contributed by atoms with E-state index in [4.69, 9.17) is 17.3 Å². The van der Waals surface area contributed by atoms with Crippen molar-refractivity contribution in [1.82, 2.24) is 0 Å². The molecule has 0 bridgehead atoms. The molecule has 3 nitrogen and oxygen atoms in total. The minimum absolute atomic E-state index is 0.279. The highest BCUT2D eigenvalue weighted by molar-refractivity contribution is 9.10. The Hall–Kier alpha value is -0.740. The van der Waals surface area contributed by atoms with Crippen LogP contribution in [0.15, 0.2) is 22.7 Å². The normalized spacial score (nSPS) is 18.2. The van der Waals surface area contributed by atoms with Crippen molar-refractivity contribution < 1.29 is 4.79 Å². The van der Waals surface area contributed by atoms with Gasteiger partial charge in [-0.25, -0.2) is 0 Å². The van der Waals surface area contributed by atoms with Crippen LogP contribution in [-0.2, 0) is 4.79 Å². The quantitative estimate of drug-likeness (QED) is 0.867. The summed E-state index contributed by atoms with van der Waals surface area (Å²) in [5.41, 5.74) is 5.83. The second-order valence-corrected chi connectivity index (χ2v) is 5.98. The largest absolute Gasteiger partial charge is 0.371 e. The van der Waals surface area contributed by atoms with Gasteiger partial charge in [0.2, 0.25) is 5.91 Å². The van der Waals surface area contributed by atoms with Crippen LogP contribution in [0.4, 0.5) is 5.69 Å². The van der Waals surface area contributed by atoms with Crippen molar-refractivity contribution in [1.29, 1.82) is 0 Å². The molecule has 0 saturated heterocycles. The van der Waals surface area contributed by atoms with Crippen LogP contribution >= 0.6 is 27.5 Å². The highest BCUT2D eigenvalue weighted by atomic mass is 79.9. The van der Waals surface area contributed by atoms with E-state index in [1.807, 2.05) is 19.1 Å². The summed E-state index contributed by atoms with van der Waals surface area (Å²) in [4.78, 5) is 11.8. The lowest BCUT2D eigenvalue weighted by atomic mass is 9.89. The van der Waals surface area contributed by atoms with Crippen molar-refractivity contribution >= 4 is 39.1 Å². The summed E-state index contributed by atoms with van der Waals surface area (Å²) >= 11 is 9.33. The molecule has 98 valence electrons. The van der Waals surface area contributed by atoms with E-state index in [1.165, 1.54) is 0 Å². The Kier molecular flexibility index (Phi) is 3.87. The number of anilines is 1. The molecular formula is C13H16BrClN2O. The fourth-order valence-corrected chi connectivity index (χ4v) is 2.82. The number of amides is 1. The molecule has 1 saturated carbocycles.